The molecule has 2 rings (SSSR count). The SMILES string of the molecule is CCCCc1ccc(C(C)NCc2cc(Br)cs2)cc1. The number of hydrogen-bond acceptors (Lipinski definition) is 2. The van der Waals surface area contributed by atoms with Gasteiger partial charge in [0.25, 0.3) is 0 Å². The number of nitrogens with one attached hydrogen (secondary N) is 1. The summed E-state index contributed by atoms with van der Waals surface area (Å²) >= 11 is 5.28. The quantitative estimate of drug-likeness (QED) is 0.674. The molecule has 0 aliphatic rings. The Kier molecular flexibility index (Phi) is 6.27. The maximum Gasteiger partial charge on any atom is 0.0305 e. The Bertz CT molecular complexity index is 518. The minimum atomic E-state index is 0.385. The summed E-state index contributed by atoms with van der Waals surface area (Å²) in [5.74, 6) is 0. The maximum absolute atomic E-state index is 3.58. The van der Waals surface area contributed by atoms with E-state index in [2.05, 4.69) is 70.8 Å². The second-order valence-electron chi connectivity index (χ2n) is 5.18. The first-order chi connectivity index (χ1) is 9.69. The molecule has 1 nitrogen and oxygen atoms in total. The molecule has 20 heavy (non-hydrogen) atoms. The Morgan fingerprint density at radius 3 is 2.60 bits per heavy atom. The van der Waals surface area contributed by atoms with Crippen LogP contribution >= 0.6 is 27.3 Å². The summed E-state index contributed by atoms with van der Waals surface area (Å²) < 4.78 is 1.17. The second kappa shape index (κ2) is 7.96. The first-order valence-electron chi connectivity index (χ1n) is 7.24. The molecular formula is C17H22BrNS. The summed E-state index contributed by atoms with van der Waals surface area (Å²) in [4.78, 5) is 1.36. The maximum atomic E-state index is 3.58. The third-order valence-corrected chi connectivity index (χ3v) is 5.20. The number of benzene rings is 1. The topological polar surface area (TPSA) is 12.0 Å². The smallest absolute Gasteiger partial charge is 0.0305 e. The first kappa shape index (κ1) is 15.7. The van der Waals surface area contributed by atoms with E-state index in [0.29, 0.717) is 6.04 Å². The average Bonchev–Trinajstić information content (AvgIpc) is 2.89. The van der Waals surface area contributed by atoms with Gasteiger partial charge in [-0.05, 0) is 52.9 Å². The molecule has 0 bridgehead atoms. The van der Waals surface area contributed by atoms with Gasteiger partial charge >= 0.3 is 0 Å². The monoisotopic (exact) mass is 351 g/mol. The minimum Gasteiger partial charge on any atom is -0.305 e. The van der Waals surface area contributed by atoms with E-state index < -0.39 is 0 Å². The summed E-state index contributed by atoms with van der Waals surface area (Å²) in [7, 11) is 0. The fourth-order valence-corrected chi connectivity index (χ4v) is 3.57. The molecule has 0 radical (unpaired) electrons. The lowest BCUT2D eigenvalue weighted by atomic mass is 10.0. The standard InChI is InChI=1S/C17H22BrNS/c1-3-4-5-14-6-8-15(9-7-14)13(2)19-11-17-10-16(18)12-20-17/h6-10,12-13,19H,3-5,11H2,1-2H3. The summed E-state index contributed by atoms with van der Waals surface area (Å²) in [5, 5.41) is 5.71. The van der Waals surface area contributed by atoms with Crippen LogP contribution in [-0.4, -0.2) is 0 Å². The van der Waals surface area contributed by atoms with Gasteiger partial charge in [0.15, 0.2) is 0 Å². The Morgan fingerprint density at radius 1 is 1.25 bits per heavy atom. The zero-order valence-electron chi connectivity index (χ0n) is 12.2. The molecule has 0 spiro atoms. The Balaban J connectivity index is 1.86. The van der Waals surface area contributed by atoms with Crippen LogP contribution in [0.2, 0.25) is 0 Å². The molecule has 2 aromatic rings. The van der Waals surface area contributed by atoms with Crippen molar-refractivity contribution in [3.05, 3.63) is 56.2 Å². The largest absolute Gasteiger partial charge is 0.305 e. The molecule has 1 aromatic heterocycles. The molecule has 3 heteroatoms. The van der Waals surface area contributed by atoms with Crippen LogP contribution in [0.4, 0.5) is 0 Å². The van der Waals surface area contributed by atoms with Crippen molar-refractivity contribution in [1.29, 1.82) is 0 Å². The number of thiophene rings is 1. The van der Waals surface area contributed by atoms with Crippen LogP contribution in [-0.2, 0) is 13.0 Å². The molecule has 0 fully saturated rings. The molecule has 1 unspecified atom stereocenters. The van der Waals surface area contributed by atoms with Gasteiger partial charge < -0.3 is 5.32 Å². The van der Waals surface area contributed by atoms with E-state index in [0.717, 1.165) is 6.54 Å². The van der Waals surface area contributed by atoms with Crippen LogP contribution in [0.25, 0.3) is 0 Å². The lowest BCUT2D eigenvalue weighted by molar-refractivity contribution is 0.578. The van der Waals surface area contributed by atoms with E-state index in [1.54, 1.807) is 11.3 Å². The van der Waals surface area contributed by atoms with Gasteiger partial charge in [-0.2, -0.15) is 0 Å². The fourth-order valence-electron chi connectivity index (χ4n) is 2.17. The van der Waals surface area contributed by atoms with E-state index in [1.165, 1.54) is 39.7 Å². The summed E-state index contributed by atoms with van der Waals surface area (Å²) in [5.41, 5.74) is 2.81. The second-order valence-corrected chi connectivity index (χ2v) is 7.09. The number of unbranched alkanes of at least 4 members (excludes halogenated alkanes) is 1. The fraction of sp³-hybridized carbons (Fsp3) is 0.412. The van der Waals surface area contributed by atoms with Crippen molar-refractivity contribution in [2.45, 2.75) is 45.7 Å². The lowest BCUT2D eigenvalue weighted by Crippen LogP contribution is -2.17. The van der Waals surface area contributed by atoms with Gasteiger partial charge in [0.1, 0.15) is 0 Å². The highest BCUT2D eigenvalue weighted by Gasteiger charge is 2.06. The molecule has 0 saturated heterocycles. The third kappa shape index (κ3) is 4.72. The van der Waals surface area contributed by atoms with Crippen molar-refractivity contribution in [3.8, 4) is 0 Å². The van der Waals surface area contributed by atoms with Crippen molar-refractivity contribution in [2.24, 2.45) is 0 Å². The van der Waals surface area contributed by atoms with Crippen molar-refractivity contribution < 1.29 is 0 Å². The van der Waals surface area contributed by atoms with Crippen molar-refractivity contribution >= 4 is 27.3 Å². The van der Waals surface area contributed by atoms with Crippen molar-refractivity contribution in [2.75, 3.05) is 0 Å². The normalized spacial score (nSPS) is 12.6. The molecule has 1 aromatic carbocycles. The molecule has 0 saturated carbocycles. The van der Waals surface area contributed by atoms with Crippen LogP contribution < -0.4 is 5.32 Å². The van der Waals surface area contributed by atoms with E-state index in [1.807, 2.05) is 0 Å². The van der Waals surface area contributed by atoms with Gasteiger partial charge in [0.05, 0.1) is 0 Å². The number of aryl methyl sites for hydroxylation is 1. The van der Waals surface area contributed by atoms with Crippen LogP contribution in [0.15, 0.2) is 40.2 Å². The molecule has 1 heterocycles. The van der Waals surface area contributed by atoms with Crippen LogP contribution in [0.1, 0.15) is 48.7 Å². The summed E-state index contributed by atoms with van der Waals surface area (Å²) in [6.45, 7) is 5.39. The molecular weight excluding hydrogens is 330 g/mol. The Morgan fingerprint density at radius 2 is 2.00 bits per heavy atom. The van der Waals surface area contributed by atoms with Crippen LogP contribution in [0, 0.1) is 0 Å². The highest BCUT2D eigenvalue weighted by atomic mass is 79.9. The van der Waals surface area contributed by atoms with Gasteiger partial charge in [0, 0.05) is 27.3 Å². The molecule has 0 amide bonds. The van der Waals surface area contributed by atoms with Crippen LogP contribution in [0.5, 0.6) is 0 Å². The van der Waals surface area contributed by atoms with Crippen molar-refractivity contribution in [1.82, 2.24) is 5.32 Å². The van der Waals surface area contributed by atoms with Gasteiger partial charge in [-0.25, -0.2) is 0 Å². The predicted molar refractivity (Wildman–Crippen MR) is 92.3 cm³/mol. The molecule has 0 aliphatic carbocycles. The zero-order chi connectivity index (χ0) is 14.4. The van der Waals surface area contributed by atoms with E-state index in [-0.39, 0.29) is 0 Å². The summed E-state index contributed by atoms with van der Waals surface area (Å²) in [6.07, 6.45) is 3.73. The Hall–Kier alpha value is -0.640. The van der Waals surface area contributed by atoms with Gasteiger partial charge in [-0.1, -0.05) is 37.6 Å². The number of rotatable bonds is 7. The summed E-state index contributed by atoms with van der Waals surface area (Å²) in [6, 6.07) is 11.6. The van der Waals surface area contributed by atoms with E-state index in [9.17, 15) is 0 Å². The zero-order valence-corrected chi connectivity index (χ0v) is 14.6. The van der Waals surface area contributed by atoms with Gasteiger partial charge in [-0.3, -0.25) is 0 Å². The average molecular weight is 352 g/mol. The highest BCUT2D eigenvalue weighted by Crippen LogP contribution is 2.21. The third-order valence-electron chi connectivity index (χ3n) is 3.50. The van der Waals surface area contributed by atoms with Gasteiger partial charge in [-0.15, -0.1) is 11.3 Å². The predicted octanol–water partition coefficient (Wildman–Crippen LogP) is 5.70. The first-order valence-corrected chi connectivity index (χ1v) is 8.91. The Labute approximate surface area is 134 Å². The molecule has 1 N–H and O–H groups in total. The highest BCUT2D eigenvalue weighted by molar-refractivity contribution is 9.10. The van der Waals surface area contributed by atoms with E-state index >= 15 is 0 Å². The lowest BCUT2D eigenvalue weighted by Gasteiger charge is -2.14. The molecule has 1 atom stereocenters. The number of halogens is 1. The van der Waals surface area contributed by atoms with Gasteiger partial charge in [0.2, 0.25) is 0 Å². The van der Waals surface area contributed by atoms with Crippen LogP contribution in [0.3, 0.4) is 0 Å². The van der Waals surface area contributed by atoms with Crippen molar-refractivity contribution in [3.63, 3.8) is 0 Å². The molecule has 108 valence electrons. The van der Waals surface area contributed by atoms with E-state index in [4.69, 9.17) is 0 Å². The number of hydrogen-bond donors (Lipinski definition) is 1. The minimum absolute atomic E-state index is 0.385. The molecule has 0 aliphatic heterocycles.